The van der Waals surface area contributed by atoms with Crippen molar-refractivity contribution >= 4 is 17.7 Å². The zero-order chi connectivity index (χ0) is 13.7. The maximum Gasteiger partial charge on any atom is 0.328 e. The highest BCUT2D eigenvalue weighted by Crippen LogP contribution is 2.18. The summed E-state index contributed by atoms with van der Waals surface area (Å²) < 4.78 is 0. The number of carbonyl (C=O) groups excluding carboxylic acids is 1. The summed E-state index contributed by atoms with van der Waals surface area (Å²) in [5.41, 5.74) is 0.398. The molecule has 0 radical (unpaired) electrons. The third-order valence-corrected chi connectivity index (χ3v) is 2.30. The molecule has 4 N–H and O–H groups in total. The molecule has 0 aliphatic carbocycles. The van der Waals surface area contributed by atoms with Crippen LogP contribution in [-0.4, -0.2) is 47.0 Å². The van der Waals surface area contributed by atoms with Gasteiger partial charge in [0.05, 0.1) is 6.61 Å². The fourth-order valence-corrected chi connectivity index (χ4v) is 1.25. The van der Waals surface area contributed by atoms with Gasteiger partial charge in [-0.2, -0.15) is 0 Å². The highest BCUT2D eigenvalue weighted by molar-refractivity contribution is 5.94. The zero-order valence-electron chi connectivity index (χ0n) is 9.70. The van der Waals surface area contributed by atoms with E-state index in [1.807, 2.05) is 0 Å². The van der Waals surface area contributed by atoms with Gasteiger partial charge >= 0.3 is 12.0 Å². The van der Waals surface area contributed by atoms with Gasteiger partial charge in [-0.25, -0.2) is 9.59 Å². The fraction of sp³-hybridized carbons (Fsp3) is 0.273. The number of rotatable bonds is 4. The predicted molar refractivity (Wildman–Crippen MR) is 63.6 cm³/mol. The van der Waals surface area contributed by atoms with E-state index < -0.39 is 24.6 Å². The molecule has 0 fully saturated rings. The molecule has 0 saturated carbocycles. The molecule has 0 saturated heterocycles. The van der Waals surface area contributed by atoms with E-state index in [0.29, 0.717) is 5.69 Å². The van der Waals surface area contributed by atoms with E-state index in [2.05, 4.69) is 5.32 Å². The second-order valence-electron chi connectivity index (χ2n) is 3.60. The number of hydrogen-bond donors (Lipinski definition) is 4. The first-order valence-corrected chi connectivity index (χ1v) is 5.12. The van der Waals surface area contributed by atoms with Gasteiger partial charge < -0.3 is 20.6 Å². The first kappa shape index (κ1) is 13.8. The van der Waals surface area contributed by atoms with E-state index in [9.17, 15) is 14.7 Å². The molecular formula is C11H14N2O5. The number of phenolic OH excluding ortho intramolecular Hbond substituents is 1. The largest absolute Gasteiger partial charge is 0.508 e. The number of urea groups is 1. The van der Waals surface area contributed by atoms with Crippen LogP contribution in [0, 0.1) is 0 Å². The Kier molecular flexibility index (Phi) is 4.50. The van der Waals surface area contributed by atoms with Crippen LogP contribution in [0.1, 0.15) is 0 Å². The van der Waals surface area contributed by atoms with Gasteiger partial charge in [-0.1, -0.05) is 6.07 Å². The molecule has 1 unspecified atom stereocenters. The average molecular weight is 254 g/mol. The summed E-state index contributed by atoms with van der Waals surface area (Å²) in [6.07, 6.45) is 0. The second kappa shape index (κ2) is 5.87. The van der Waals surface area contributed by atoms with E-state index >= 15 is 0 Å². The van der Waals surface area contributed by atoms with E-state index in [1.54, 1.807) is 12.1 Å². The second-order valence-corrected chi connectivity index (χ2v) is 3.60. The molecule has 1 rings (SSSR count). The highest BCUT2D eigenvalue weighted by Gasteiger charge is 2.21. The number of benzene rings is 1. The van der Waals surface area contributed by atoms with Crippen molar-refractivity contribution < 1.29 is 24.9 Å². The molecule has 1 aromatic rings. The lowest BCUT2D eigenvalue weighted by Crippen LogP contribution is -2.48. The van der Waals surface area contributed by atoms with Crippen LogP contribution < -0.4 is 10.2 Å². The number of phenols is 1. The summed E-state index contributed by atoms with van der Waals surface area (Å²) in [5.74, 6) is -1.33. The van der Waals surface area contributed by atoms with Crippen molar-refractivity contribution in [2.24, 2.45) is 0 Å². The number of carboxylic acids is 1. The summed E-state index contributed by atoms with van der Waals surface area (Å²) in [5, 5.41) is 28.9. The molecule has 98 valence electrons. The number of anilines is 1. The summed E-state index contributed by atoms with van der Waals surface area (Å²) in [6.45, 7) is -0.699. The molecule has 18 heavy (non-hydrogen) atoms. The van der Waals surface area contributed by atoms with E-state index in [1.165, 1.54) is 19.2 Å². The monoisotopic (exact) mass is 254 g/mol. The molecule has 1 aromatic carbocycles. The number of aliphatic carboxylic acids is 1. The Morgan fingerprint density at radius 1 is 1.44 bits per heavy atom. The molecule has 0 aliphatic heterocycles. The number of nitrogens with one attached hydrogen (secondary N) is 1. The maximum absolute atomic E-state index is 11.7. The maximum atomic E-state index is 11.7. The Bertz CT molecular complexity index is 449. The molecule has 0 aliphatic rings. The quantitative estimate of drug-likeness (QED) is 0.603. The Morgan fingerprint density at radius 3 is 2.61 bits per heavy atom. The third-order valence-electron chi connectivity index (χ3n) is 2.30. The normalized spacial score (nSPS) is 11.7. The molecular weight excluding hydrogens is 240 g/mol. The van der Waals surface area contributed by atoms with Crippen LogP contribution in [0.2, 0.25) is 0 Å². The Hall–Kier alpha value is -2.28. The van der Waals surface area contributed by atoms with E-state index in [4.69, 9.17) is 10.2 Å². The number of carboxylic acid groups (broad SMARTS) is 1. The summed E-state index contributed by atoms with van der Waals surface area (Å²) in [7, 11) is 1.42. The van der Waals surface area contributed by atoms with Gasteiger partial charge in [0.2, 0.25) is 0 Å². The van der Waals surface area contributed by atoms with Gasteiger partial charge in [-0.05, 0) is 12.1 Å². The zero-order valence-corrected chi connectivity index (χ0v) is 9.70. The molecule has 0 heterocycles. The Labute approximate surface area is 103 Å². The first-order valence-electron chi connectivity index (χ1n) is 5.12. The van der Waals surface area contributed by atoms with Crippen LogP contribution in [0.25, 0.3) is 0 Å². The minimum absolute atomic E-state index is 0.0101. The van der Waals surface area contributed by atoms with Gasteiger partial charge in [-0.3, -0.25) is 4.90 Å². The Balaban J connectivity index is 2.75. The van der Waals surface area contributed by atoms with E-state index in [-0.39, 0.29) is 5.75 Å². The van der Waals surface area contributed by atoms with Crippen LogP contribution in [0.5, 0.6) is 5.75 Å². The van der Waals surface area contributed by atoms with Gasteiger partial charge in [0.25, 0.3) is 0 Å². The molecule has 0 bridgehead atoms. The van der Waals surface area contributed by atoms with Gasteiger partial charge in [-0.15, -0.1) is 0 Å². The highest BCUT2D eigenvalue weighted by atomic mass is 16.4. The molecule has 0 aromatic heterocycles. The van der Waals surface area contributed by atoms with Crippen molar-refractivity contribution in [3.05, 3.63) is 24.3 Å². The standard InChI is InChI=1S/C11H14N2O5/c1-13(7-3-2-4-8(15)5-7)11(18)12-9(6-14)10(16)17/h2-5,9,14-15H,6H2,1H3,(H,12,18)(H,16,17). The minimum Gasteiger partial charge on any atom is -0.508 e. The van der Waals surface area contributed by atoms with Crippen LogP contribution in [0.3, 0.4) is 0 Å². The lowest BCUT2D eigenvalue weighted by Gasteiger charge is -2.20. The van der Waals surface area contributed by atoms with Gasteiger partial charge in [0, 0.05) is 18.8 Å². The average Bonchev–Trinajstić information content (AvgIpc) is 2.34. The first-order chi connectivity index (χ1) is 8.45. The molecule has 7 nitrogen and oxygen atoms in total. The number of aromatic hydroxyl groups is 1. The Morgan fingerprint density at radius 2 is 2.11 bits per heavy atom. The number of hydrogen-bond acceptors (Lipinski definition) is 4. The number of aliphatic hydroxyl groups excluding tert-OH is 1. The van der Waals surface area contributed by atoms with Crippen molar-refractivity contribution in [1.82, 2.24) is 5.32 Å². The number of aliphatic hydroxyl groups is 1. The smallest absolute Gasteiger partial charge is 0.328 e. The fourth-order valence-electron chi connectivity index (χ4n) is 1.25. The minimum atomic E-state index is -1.36. The summed E-state index contributed by atoms with van der Waals surface area (Å²) in [4.78, 5) is 23.5. The number of nitrogens with zero attached hydrogens (tertiary/aromatic N) is 1. The number of carbonyl (C=O) groups is 2. The van der Waals surface area contributed by atoms with Crippen molar-refractivity contribution in [1.29, 1.82) is 0 Å². The molecule has 1 atom stereocenters. The third kappa shape index (κ3) is 3.36. The van der Waals surface area contributed by atoms with Gasteiger partial charge in [0.1, 0.15) is 5.75 Å². The van der Waals surface area contributed by atoms with E-state index in [0.717, 1.165) is 4.90 Å². The topological polar surface area (TPSA) is 110 Å². The van der Waals surface area contributed by atoms with Gasteiger partial charge in [0.15, 0.2) is 6.04 Å². The van der Waals surface area contributed by atoms with Crippen molar-refractivity contribution in [3.63, 3.8) is 0 Å². The van der Waals surface area contributed by atoms with Crippen LogP contribution in [0.4, 0.5) is 10.5 Å². The lowest BCUT2D eigenvalue weighted by molar-refractivity contribution is -0.140. The predicted octanol–water partition coefficient (Wildman–Crippen LogP) is -0.0165. The molecule has 7 heteroatoms. The van der Waals surface area contributed by atoms with Crippen LogP contribution in [0.15, 0.2) is 24.3 Å². The molecule has 2 amide bonds. The summed E-state index contributed by atoms with van der Waals surface area (Å²) >= 11 is 0. The van der Waals surface area contributed by atoms with Crippen LogP contribution in [-0.2, 0) is 4.79 Å². The molecule has 0 spiro atoms. The van der Waals surface area contributed by atoms with Crippen LogP contribution >= 0.6 is 0 Å². The van der Waals surface area contributed by atoms with Crippen molar-refractivity contribution in [2.45, 2.75) is 6.04 Å². The number of amides is 2. The lowest BCUT2D eigenvalue weighted by atomic mass is 10.3. The SMILES string of the molecule is CN(C(=O)NC(CO)C(=O)O)c1cccc(O)c1. The van der Waals surface area contributed by atoms with Crippen molar-refractivity contribution in [2.75, 3.05) is 18.6 Å². The van der Waals surface area contributed by atoms with Crippen molar-refractivity contribution in [3.8, 4) is 5.75 Å². The summed E-state index contributed by atoms with van der Waals surface area (Å²) in [6, 6.07) is 3.87.